The van der Waals surface area contributed by atoms with Crippen LogP contribution in [0.15, 0.2) is 18.5 Å². The van der Waals surface area contributed by atoms with Crippen molar-refractivity contribution < 1.29 is 14.0 Å². The summed E-state index contributed by atoms with van der Waals surface area (Å²) in [4.78, 5) is 28.3. The third-order valence-corrected chi connectivity index (χ3v) is 6.44. The van der Waals surface area contributed by atoms with E-state index in [0.29, 0.717) is 17.8 Å². The zero-order valence-electron chi connectivity index (χ0n) is 18.4. The Kier molecular flexibility index (Phi) is 5.81. The lowest BCUT2D eigenvalue weighted by Crippen LogP contribution is -2.40. The van der Waals surface area contributed by atoms with E-state index < -0.39 is 5.82 Å². The number of rotatable bonds is 4. The lowest BCUT2D eigenvalue weighted by Gasteiger charge is -2.30. The highest BCUT2D eigenvalue weighted by Crippen LogP contribution is 2.37. The first kappa shape index (κ1) is 21.5. The van der Waals surface area contributed by atoms with E-state index in [1.165, 1.54) is 6.92 Å². The maximum Gasteiger partial charge on any atom is 0.228 e. The van der Waals surface area contributed by atoms with Gasteiger partial charge in [0.25, 0.3) is 0 Å². The molecule has 4 rings (SSSR count). The molecule has 2 aromatic rings. The van der Waals surface area contributed by atoms with Crippen LogP contribution in [0.3, 0.4) is 0 Å². The van der Waals surface area contributed by atoms with Crippen LogP contribution in [0.4, 0.5) is 10.2 Å². The van der Waals surface area contributed by atoms with Crippen LogP contribution >= 0.6 is 0 Å². The number of carbonyl (C=O) groups is 2. The van der Waals surface area contributed by atoms with E-state index >= 15 is 0 Å². The van der Waals surface area contributed by atoms with Crippen LogP contribution in [0.1, 0.15) is 58.6 Å². The lowest BCUT2D eigenvalue weighted by molar-refractivity contribution is -0.123. The summed E-state index contributed by atoms with van der Waals surface area (Å²) in [5.74, 6) is -0.522. The molecule has 0 unspecified atom stereocenters. The number of amides is 2. The Balaban J connectivity index is 1.52. The zero-order chi connectivity index (χ0) is 22.2. The van der Waals surface area contributed by atoms with Crippen molar-refractivity contribution in [2.24, 2.45) is 11.3 Å². The van der Waals surface area contributed by atoms with E-state index in [1.54, 1.807) is 12.3 Å². The number of anilines is 1. The van der Waals surface area contributed by atoms with Crippen molar-refractivity contribution in [3.8, 4) is 11.1 Å². The number of aryl methyl sites for hydroxylation is 1. The molecule has 0 aromatic carbocycles. The average Bonchev–Trinajstić information content (AvgIpc) is 3.10. The van der Waals surface area contributed by atoms with Gasteiger partial charge in [-0.2, -0.15) is 5.10 Å². The van der Waals surface area contributed by atoms with Gasteiger partial charge in [0, 0.05) is 42.2 Å². The molecule has 1 fully saturated rings. The first-order valence-corrected chi connectivity index (χ1v) is 11.0. The van der Waals surface area contributed by atoms with Gasteiger partial charge in [-0.25, -0.2) is 9.37 Å². The maximum atomic E-state index is 14.7. The normalized spacial score (nSPS) is 22.5. The minimum absolute atomic E-state index is 0.0148. The van der Waals surface area contributed by atoms with Gasteiger partial charge in [0.05, 0.1) is 12.4 Å². The van der Waals surface area contributed by atoms with E-state index in [2.05, 4.69) is 34.6 Å². The lowest BCUT2D eigenvalue weighted by atomic mass is 9.81. The van der Waals surface area contributed by atoms with Crippen LogP contribution in [0.25, 0.3) is 11.1 Å². The number of carbonyl (C=O) groups excluding carboxylic acids is 2. The number of hydrogen-bond acceptors (Lipinski definition) is 4. The summed E-state index contributed by atoms with van der Waals surface area (Å²) >= 11 is 0. The Morgan fingerprint density at radius 1 is 1.23 bits per heavy atom. The van der Waals surface area contributed by atoms with Crippen LogP contribution < -0.4 is 10.6 Å². The molecule has 7 nitrogen and oxygen atoms in total. The molecule has 31 heavy (non-hydrogen) atoms. The first-order chi connectivity index (χ1) is 14.7. The maximum absolute atomic E-state index is 14.7. The van der Waals surface area contributed by atoms with Crippen molar-refractivity contribution in [3.05, 3.63) is 30.0 Å². The standard InChI is InChI=1S/C23H30FN5O2/c1-14(30)27-16-6-4-5-15(9-16)22(31)28-21-10-17(19(24)13-25-21)18-12-26-29-8-7-23(2,3)11-20(18)29/h10,12-13,15-16H,4-9,11H2,1-3H3,(H,27,30)(H,25,28,31)/t15-,16+/m0/s1. The van der Waals surface area contributed by atoms with E-state index in [1.807, 2.05) is 4.68 Å². The van der Waals surface area contributed by atoms with Crippen molar-refractivity contribution in [2.75, 3.05) is 5.32 Å². The quantitative estimate of drug-likeness (QED) is 0.779. The van der Waals surface area contributed by atoms with Crippen LogP contribution in [-0.2, 0) is 22.6 Å². The van der Waals surface area contributed by atoms with E-state index in [0.717, 1.165) is 56.1 Å². The van der Waals surface area contributed by atoms with Crippen molar-refractivity contribution in [3.63, 3.8) is 0 Å². The minimum Gasteiger partial charge on any atom is -0.354 e. The van der Waals surface area contributed by atoms with Gasteiger partial charge >= 0.3 is 0 Å². The predicted octanol–water partition coefficient (Wildman–Crippen LogP) is 3.69. The Morgan fingerprint density at radius 3 is 2.81 bits per heavy atom. The van der Waals surface area contributed by atoms with Gasteiger partial charge in [-0.15, -0.1) is 0 Å². The monoisotopic (exact) mass is 427 g/mol. The van der Waals surface area contributed by atoms with E-state index in [-0.39, 0.29) is 29.2 Å². The molecule has 3 heterocycles. The van der Waals surface area contributed by atoms with Gasteiger partial charge in [-0.1, -0.05) is 20.3 Å². The topological polar surface area (TPSA) is 88.9 Å². The van der Waals surface area contributed by atoms with E-state index in [9.17, 15) is 14.0 Å². The van der Waals surface area contributed by atoms with Gasteiger partial charge in [0.15, 0.2) is 0 Å². The van der Waals surface area contributed by atoms with Crippen LogP contribution in [-0.4, -0.2) is 32.6 Å². The average molecular weight is 428 g/mol. The van der Waals surface area contributed by atoms with Crippen molar-refractivity contribution >= 4 is 17.6 Å². The molecular weight excluding hydrogens is 397 g/mol. The molecule has 2 aromatic heterocycles. The fourth-order valence-corrected chi connectivity index (χ4v) is 4.75. The molecule has 166 valence electrons. The smallest absolute Gasteiger partial charge is 0.228 e. The summed E-state index contributed by atoms with van der Waals surface area (Å²) in [6.45, 7) is 6.72. The number of fused-ring (bicyclic) bond motifs is 1. The number of pyridine rings is 1. The molecular formula is C23H30FN5O2. The third-order valence-electron chi connectivity index (χ3n) is 6.44. The Labute approximate surface area is 181 Å². The van der Waals surface area contributed by atoms with Gasteiger partial charge in [0.1, 0.15) is 11.6 Å². The van der Waals surface area contributed by atoms with Crippen LogP contribution in [0, 0.1) is 17.2 Å². The largest absolute Gasteiger partial charge is 0.354 e. The molecule has 1 aliphatic carbocycles. The number of aromatic nitrogens is 3. The highest BCUT2D eigenvalue weighted by molar-refractivity contribution is 5.92. The molecule has 0 spiro atoms. The molecule has 2 aliphatic rings. The zero-order valence-corrected chi connectivity index (χ0v) is 18.4. The summed E-state index contributed by atoms with van der Waals surface area (Å²) in [7, 11) is 0. The highest BCUT2D eigenvalue weighted by atomic mass is 19.1. The molecule has 1 aliphatic heterocycles. The van der Waals surface area contributed by atoms with Gasteiger partial charge < -0.3 is 10.6 Å². The summed E-state index contributed by atoms with van der Waals surface area (Å²) in [6, 6.07) is 1.61. The minimum atomic E-state index is -0.430. The molecule has 2 N–H and O–H groups in total. The molecule has 0 radical (unpaired) electrons. The molecule has 8 heteroatoms. The van der Waals surface area contributed by atoms with E-state index in [4.69, 9.17) is 0 Å². The molecule has 0 bridgehead atoms. The third kappa shape index (κ3) is 4.78. The predicted molar refractivity (Wildman–Crippen MR) is 116 cm³/mol. The fraction of sp³-hybridized carbons (Fsp3) is 0.565. The van der Waals surface area contributed by atoms with Crippen LogP contribution in [0.5, 0.6) is 0 Å². The molecule has 0 saturated heterocycles. The van der Waals surface area contributed by atoms with Gasteiger partial charge in [-0.05, 0) is 43.6 Å². The summed E-state index contributed by atoms with van der Waals surface area (Å²) < 4.78 is 16.7. The Morgan fingerprint density at radius 2 is 2.03 bits per heavy atom. The number of nitrogens with zero attached hydrogens (tertiary/aromatic N) is 3. The van der Waals surface area contributed by atoms with Gasteiger partial charge in [-0.3, -0.25) is 14.3 Å². The number of nitrogens with one attached hydrogen (secondary N) is 2. The van der Waals surface area contributed by atoms with Gasteiger partial charge in [0.2, 0.25) is 11.8 Å². The summed E-state index contributed by atoms with van der Waals surface area (Å²) in [5, 5.41) is 10.2. The second kappa shape index (κ2) is 8.40. The summed E-state index contributed by atoms with van der Waals surface area (Å²) in [6.07, 6.45) is 7.84. The number of halogens is 1. The highest BCUT2D eigenvalue weighted by Gasteiger charge is 2.30. The van der Waals surface area contributed by atoms with Crippen molar-refractivity contribution in [2.45, 2.75) is 71.9 Å². The number of hydrogen-bond donors (Lipinski definition) is 2. The molecule has 2 atom stereocenters. The molecule has 2 amide bonds. The van der Waals surface area contributed by atoms with Crippen LogP contribution in [0.2, 0.25) is 0 Å². The Hall–Kier alpha value is -2.77. The second-order valence-electron chi connectivity index (χ2n) is 9.62. The first-order valence-electron chi connectivity index (χ1n) is 11.0. The van der Waals surface area contributed by atoms with Crippen molar-refractivity contribution in [1.29, 1.82) is 0 Å². The van der Waals surface area contributed by atoms with Crippen molar-refractivity contribution in [1.82, 2.24) is 20.1 Å². The molecule has 1 saturated carbocycles. The fourth-order valence-electron chi connectivity index (χ4n) is 4.75. The SMILES string of the molecule is CC(=O)N[C@@H]1CCC[C@H](C(=O)Nc2cc(-c3cnn4c3CC(C)(C)CC4)c(F)cn2)C1. The second-order valence-corrected chi connectivity index (χ2v) is 9.62. The summed E-state index contributed by atoms with van der Waals surface area (Å²) in [5.41, 5.74) is 2.32. The Bertz CT molecular complexity index is 1000.